The number of aryl methyl sites for hydroxylation is 1. The second kappa shape index (κ2) is 8.30. The summed E-state index contributed by atoms with van der Waals surface area (Å²) in [6.07, 6.45) is 0. The Labute approximate surface area is 182 Å². The van der Waals surface area contributed by atoms with Gasteiger partial charge < -0.3 is 14.3 Å². The van der Waals surface area contributed by atoms with Crippen LogP contribution in [0.1, 0.15) is 30.0 Å². The summed E-state index contributed by atoms with van der Waals surface area (Å²) in [6.45, 7) is 3.84. The fraction of sp³-hybridized carbons (Fsp3) is 0.167. The minimum Gasteiger partial charge on any atom is -0.507 e. The second-order valence-corrected chi connectivity index (χ2v) is 7.17. The van der Waals surface area contributed by atoms with Crippen molar-refractivity contribution in [2.24, 2.45) is 0 Å². The van der Waals surface area contributed by atoms with Gasteiger partial charge in [0.1, 0.15) is 40.7 Å². The maximum Gasteiger partial charge on any atom is 0.300 e. The quantitative estimate of drug-likeness (QED) is 0.348. The molecule has 0 radical (unpaired) electrons. The van der Waals surface area contributed by atoms with Gasteiger partial charge in [0.2, 0.25) is 0 Å². The van der Waals surface area contributed by atoms with Crippen molar-refractivity contribution in [2.45, 2.75) is 19.9 Å². The van der Waals surface area contributed by atoms with Crippen LogP contribution in [0.2, 0.25) is 0 Å². The standard InChI is InChI=1S/C24H19F2NO5/c1-3-31-16-6-4-5-14(11-16)22(28)20-21(19-10-7-13(2)32-19)27(24(30)23(20)29)18-12-15(25)8-9-17(18)26/h4-12,21,28H,3H2,1-2H3/b22-20-. The topological polar surface area (TPSA) is 80.0 Å². The third-order valence-corrected chi connectivity index (χ3v) is 5.06. The Hall–Kier alpha value is -3.94. The van der Waals surface area contributed by atoms with Gasteiger partial charge in [-0.15, -0.1) is 0 Å². The average molecular weight is 439 g/mol. The maximum atomic E-state index is 14.6. The van der Waals surface area contributed by atoms with Crippen LogP contribution in [0, 0.1) is 18.6 Å². The fourth-order valence-electron chi connectivity index (χ4n) is 3.68. The number of ether oxygens (including phenoxy) is 1. The molecule has 0 spiro atoms. The SMILES string of the molecule is CCOc1cccc(/C(O)=C2/C(=O)C(=O)N(c3cc(F)ccc3F)C2c2ccc(C)o2)c1. The average Bonchev–Trinajstić information content (AvgIpc) is 3.31. The molecule has 1 aliphatic heterocycles. The number of nitrogens with zero attached hydrogens (tertiary/aromatic N) is 1. The van der Waals surface area contributed by atoms with Gasteiger partial charge in [-0.1, -0.05) is 12.1 Å². The summed E-state index contributed by atoms with van der Waals surface area (Å²) in [5.41, 5.74) is -0.517. The van der Waals surface area contributed by atoms with Crippen LogP contribution in [-0.4, -0.2) is 23.4 Å². The first-order chi connectivity index (χ1) is 15.3. The molecule has 1 atom stereocenters. The molecule has 4 rings (SSSR count). The molecule has 1 fully saturated rings. The summed E-state index contributed by atoms with van der Waals surface area (Å²) >= 11 is 0. The van der Waals surface area contributed by atoms with Gasteiger partial charge in [0.25, 0.3) is 11.7 Å². The highest BCUT2D eigenvalue weighted by Gasteiger charge is 2.49. The number of benzene rings is 2. The molecule has 2 heterocycles. The van der Waals surface area contributed by atoms with Crippen LogP contribution in [-0.2, 0) is 9.59 Å². The zero-order chi connectivity index (χ0) is 23.0. The highest BCUT2D eigenvalue weighted by molar-refractivity contribution is 6.51. The normalized spacial score (nSPS) is 17.8. The highest BCUT2D eigenvalue weighted by atomic mass is 19.1. The van der Waals surface area contributed by atoms with Crippen LogP contribution in [0.25, 0.3) is 5.76 Å². The van der Waals surface area contributed by atoms with E-state index in [0.29, 0.717) is 18.1 Å². The first-order valence-electron chi connectivity index (χ1n) is 9.87. The minimum absolute atomic E-state index is 0.118. The zero-order valence-electron chi connectivity index (χ0n) is 17.3. The van der Waals surface area contributed by atoms with E-state index < -0.39 is 40.8 Å². The van der Waals surface area contributed by atoms with Crippen LogP contribution in [0.4, 0.5) is 14.5 Å². The lowest BCUT2D eigenvalue weighted by molar-refractivity contribution is -0.132. The molecule has 1 amide bonds. The highest BCUT2D eigenvalue weighted by Crippen LogP contribution is 2.43. The molecule has 2 aromatic carbocycles. The Bertz CT molecular complexity index is 1250. The number of carbonyl (C=O) groups is 2. The Morgan fingerprint density at radius 2 is 1.91 bits per heavy atom. The minimum atomic E-state index is -1.30. The molecule has 1 aliphatic rings. The number of Topliss-reactive ketones (excluding diaryl/α,β-unsaturated/α-hetero) is 1. The van der Waals surface area contributed by atoms with Crippen molar-refractivity contribution in [3.05, 3.63) is 88.9 Å². The van der Waals surface area contributed by atoms with Gasteiger partial charge in [0.15, 0.2) is 0 Å². The first kappa shape index (κ1) is 21.3. The summed E-state index contributed by atoms with van der Waals surface area (Å²) in [4.78, 5) is 26.8. The van der Waals surface area contributed by atoms with Gasteiger partial charge in [-0.05, 0) is 50.2 Å². The van der Waals surface area contributed by atoms with E-state index in [9.17, 15) is 23.5 Å². The lowest BCUT2D eigenvalue weighted by Gasteiger charge is -2.23. The number of aliphatic hydroxyl groups is 1. The Morgan fingerprint density at radius 1 is 1.12 bits per heavy atom. The predicted molar refractivity (Wildman–Crippen MR) is 112 cm³/mol. The first-order valence-corrected chi connectivity index (χ1v) is 9.87. The predicted octanol–water partition coefficient (Wildman–Crippen LogP) is 4.89. The monoisotopic (exact) mass is 439 g/mol. The Kier molecular flexibility index (Phi) is 5.52. The molecule has 1 unspecified atom stereocenters. The molecule has 1 saturated heterocycles. The molecular weight excluding hydrogens is 420 g/mol. The van der Waals surface area contributed by atoms with E-state index in [0.717, 1.165) is 23.1 Å². The molecule has 0 bridgehead atoms. The Balaban J connectivity index is 1.94. The fourth-order valence-corrected chi connectivity index (χ4v) is 3.68. The van der Waals surface area contributed by atoms with Gasteiger partial charge in [0, 0.05) is 11.6 Å². The molecule has 1 N–H and O–H groups in total. The maximum absolute atomic E-state index is 14.6. The van der Waals surface area contributed by atoms with Gasteiger partial charge >= 0.3 is 0 Å². The molecule has 3 aromatic rings. The van der Waals surface area contributed by atoms with E-state index >= 15 is 0 Å². The van der Waals surface area contributed by atoms with Crippen molar-refractivity contribution in [1.29, 1.82) is 0 Å². The van der Waals surface area contributed by atoms with Gasteiger partial charge in [-0.2, -0.15) is 0 Å². The van der Waals surface area contributed by atoms with E-state index in [4.69, 9.17) is 9.15 Å². The molecule has 1 aromatic heterocycles. The number of amides is 1. The van der Waals surface area contributed by atoms with Crippen LogP contribution < -0.4 is 9.64 Å². The molecule has 32 heavy (non-hydrogen) atoms. The number of hydrogen-bond acceptors (Lipinski definition) is 5. The number of anilines is 1. The second-order valence-electron chi connectivity index (χ2n) is 7.17. The van der Waals surface area contributed by atoms with Gasteiger partial charge in [-0.3, -0.25) is 14.5 Å². The number of ketones is 1. The van der Waals surface area contributed by atoms with E-state index in [1.54, 1.807) is 38.1 Å². The Morgan fingerprint density at radius 3 is 2.59 bits per heavy atom. The molecule has 164 valence electrons. The molecule has 0 saturated carbocycles. The van der Waals surface area contributed by atoms with Crippen LogP contribution in [0.5, 0.6) is 5.75 Å². The van der Waals surface area contributed by atoms with Crippen LogP contribution in [0.15, 0.2) is 64.6 Å². The van der Waals surface area contributed by atoms with E-state index in [-0.39, 0.29) is 16.9 Å². The van der Waals surface area contributed by atoms with Crippen LogP contribution in [0.3, 0.4) is 0 Å². The van der Waals surface area contributed by atoms with Gasteiger partial charge in [0.05, 0.1) is 17.9 Å². The van der Waals surface area contributed by atoms with Crippen molar-refractivity contribution in [3.63, 3.8) is 0 Å². The van der Waals surface area contributed by atoms with E-state index in [2.05, 4.69) is 0 Å². The van der Waals surface area contributed by atoms with E-state index in [1.807, 2.05) is 0 Å². The lowest BCUT2D eigenvalue weighted by Crippen LogP contribution is -2.30. The molecular formula is C24H19F2NO5. The number of halogens is 2. The third-order valence-electron chi connectivity index (χ3n) is 5.06. The number of aliphatic hydroxyl groups excluding tert-OH is 1. The number of hydrogen-bond donors (Lipinski definition) is 1. The summed E-state index contributed by atoms with van der Waals surface area (Å²) in [6, 6.07) is 10.8. The summed E-state index contributed by atoms with van der Waals surface area (Å²) < 4.78 is 39.6. The van der Waals surface area contributed by atoms with Crippen molar-refractivity contribution in [1.82, 2.24) is 0 Å². The van der Waals surface area contributed by atoms with Crippen molar-refractivity contribution < 1.29 is 32.6 Å². The number of carbonyl (C=O) groups excluding carboxylic acids is 2. The van der Waals surface area contributed by atoms with E-state index in [1.165, 1.54) is 12.1 Å². The summed E-state index contributed by atoms with van der Waals surface area (Å²) in [5, 5.41) is 11.0. The van der Waals surface area contributed by atoms with Crippen molar-refractivity contribution in [2.75, 3.05) is 11.5 Å². The number of furan rings is 1. The summed E-state index contributed by atoms with van der Waals surface area (Å²) in [5.74, 6) is -3.29. The molecule has 8 heteroatoms. The number of rotatable bonds is 5. The molecule has 0 aliphatic carbocycles. The smallest absolute Gasteiger partial charge is 0.300 e. The summed E-state index contributed by atoms with van der Waals surface area (Å²) in [7, 11) is 0. The zero-order valence-corrected chi connectivity index (χ0v) is 17.3. The lowest BCUT2D eigenvalue weighted by atomic mass is 9.99. The van der Waals surface area contributed by atoms with Gasteiger partial charge in [-0.25, -0.2) is 8.78 Å². The van der Waals surface area contributed by atoms with Crippen molar-refractivity contribution >= 4 is 23.1 Å². The largest absolute Gasteiger partial charge is 0.507 e. The van der Waals surface area contributed by atoms with Crippen molar-refractivity contribution in [3.8, 4) is 5.75 Å². The molecule has 6 nitrogen and oxygen atoms in total. The van der Waals surface area contributed by atoms with Crippen LogP contribution >= 0.6 is 0 Å². The third kappa shape index (κ3) is 3.64.